The summed E-state index contributed by atoms with van der Waals surface area (Å²) in [6.45, 7) is 1.96. The smallest absolute Gasteiger partial charge is 0.257 e. The van der Waals surface area contributed by atoms with Crippen LogP contribution in [0.3, 0.4) is 0 Å². The molecule has 2 rings (SSSR count). The summed E-state index contributed by atoms with van der Waals surface area (Å²) in [6.07, 6.45) is 4.03. The van der Waals surface area contributed by atoms with Crippen molar-refractivity contribution in [1.29, 1.82) is 0 Å². The molecule has 1 atom stereocenters. The Morgan fingerprint density at radius 1 is 1.42 bits per heavy atom. The first-order valence-electron chi connectivity index (χ1n) is 6.46. The summed E-state index contributed by atoms with van der Waals surface area (Å²) in [5, 5.41) is 2.72. The molecular weight excluding hydrogens is 316 g/mol. The molecule has 0 spiro atoms. The predicted molar refractivity (Wildman–Crippen MR) is 72.9 cm³/mol. The molecule has 0 heterocycles. The van der Waals surface area contributed by atoms with Crippen molar-refractivity contribution in [3.05, 3.63) is 33.8 Å². The standard InChI is InChI=1S/C14H16BrF2NO/c1-2-10(5-8-3-4-8)18-14(19)13-11(16)6-9(15)7-12(13)17/h6-8,10H,2-5H2,1H3,(H,18,19). The minimum atomic E-state index is -0.842. The molecule has 19 heavy (non-hydrogen) atoms. The molecule has 0 aromatic heterocycles. The van der Waals surface area contributed by atoms with Gasteiger partial charge >= 0.3 is 0 Å². The highest BCUT2D eigenvalue weighted by atomic mass is 79.9. The molecule has 1 amide bonds. The van der Waals surface area contributed by atoms with Crippen molar-refractivity contribution in [2.24, 2.45) is 5.92 Å². The van der Waals surface area contributed by atoms with Crippen molar-refractivity contribution in [2.45, 2.75) is 38.6 Å². The molecule has 1 aromatic rings. The number of carbonyl (C=O) groups is 1. The maximum absolute atomic E-state index is 13.7. The largest absolute Gasteiger partial charge is 0.349 e. The van der Waals surface area contributed by atoms with Gasteiger partial charge in [-0.15, -0.1) is 0 Å². The van der Waals surface area contributed by atoms with Crippen molar-refractivity contribution in [3.63, 3.8) is 0 Å². The minimum absolute atomic E-state index is 0.0116. The van der Waals surface area contributed by atoms with Crippen molar-refractivity contribution >= 4 is 21.8 Å². The normalized spacial score (nSPS) is 16.2. The van der Waals surface area contributed by atoms with Crippen LogP contribution in [0.25, 0.3) is 0 Å². The van der Waals surface area contributed by atoms with Gasteiger partial charge in [-0.2, -0.15) is 0 Å². The summed E-state index contributed by atoms with van der Waals surface area (Å²) in [4.78, 5) is 12.0. The van der Waals surface area contributed by atoms with E-state index in [-0.39, 0.29) is 10.5 Å². The maximum Gasteiger partial charge on any atom is 0.257 e. The molecule has 1 aromatic carbocycles. The number of rotatable bonds is 5. The first-order valence-corrected chi connectivity index (χ1v) is 7.26. The third-order valence-electron chi connectivity index (χ3n) is 3.38. The molecule has 1 aliphatic carbocycles. The lowest BCUT2D eigenvalue weighted by atomic mass is 10.1. The summed E-state index contributed by atoms with van der Waals surface area (Å²) < 4.78 is 27.6. The van der Waals surface area contributed by atoms with Gasteiger partial charge in [0.25, 0.3) is 5.91 Å². The van der Waals surface area contributed by atoms with Gasteiger partial charge in [-0.3, -0.25) is 4.79 Å². The molecule has 0 bridgehead atoms. The Labute approximate surface area is 119 Å². The van der Waals surface area contributed by atoms with Gasteiger partial charge in [0.2, 0.25) is 0 Å². The highest BCUT2D eigenvalue weighted by Gasteiger charge is 2.27. The number of hydrogen-bond acceptors (Lipinski definition) is 1. The topological polar surface area (TPSA) is 29.1 Å². The van der Waals surface area contributed by atoms with E-state index in [4.69, 9.17) is 0 Å². The van der Waals surface area contributed by atoms with Crippen molar-refractivity contribution in [1.82, 2.24) is 5.32 Å². The van der Waals surface area contributed by atoms with E-state index in [0.717, 1.165) is 25.0 Å². The highest BCUT2D eigenvalue weighted by Crippen LogP contribution is 2.34. The summed E-state index contributed by atoms with van der Waals surface area (Å²) in [5.41, 5.74) is -0.502. The summed E-state index contributed by atoms with van der Waals surface area (Å²) in [5.74, 6) is -1.70. The fourth-order valence-corrected chi connectivity index (χ4v) is 2.50. The second-order valence-electron chi connectivity index (χ2n) is 5.00. The Kier molecular flexibility index (Phi) is 4.55. The monoisotopic (exact) mass is 331 g/mol. The predicted octanol–water partition coefficient (Wildman–Crippen LogP) is 4.04. The van der Waals surface area contributed by atoms with Gasteiger partial charge in [0.1, 0.15) is 17.2 Å². The Hall–Kier alpha value is -0.970. The van der Waals surface area contributed by atoms with Gasteiger partial charge in [-0.1, -0.05) is 35.7 Å². The summed E-state index contributed by atoms with van der Waals surface area (Å²) >= 11 is 2.99. The van der Waals surface area contributed by atoms with Crippen LogP contribution in [0.2, 0.25) is 0 Å². The van der Waals surface area contributed by atoms with E-state index in [0.29, 0.717) is 5.92 Å². The van der Waals surface area contributed by atoms with Crippen LogP contribution in [0, 0.1) is 17.6 Å². The van der Waals surface area contributed by atoms with Crippen LogP contribution in [-0.4, -0.2) is 11.9 Å². The maximum atomic E-state index is 13.7. The minimum Gasteiger partial charge on any atom is -0.349 e. The molecule has 1 saturated carbocycles. The molecule has 1 aliphatic rings. The number of benzene rings is 1. The number of carbonyl (C=O) groups excluding carboxylic acids is 1. The zero-order valence-electron chi connectivity index (χ0n) is 10.7. The van der Waals surface area contributed by atoms with Crippen LogP contribution < -0.4 is 5.32 Å². The summed E-state index contributed by atoms with van der Waals surface area (Å²) in [6, 6.07) is 2.18. The van der Waals surface area contributed by atoms with Crippen LogP contribution in [0.15, 0.2) is 16.6 Å². The lowest BCUT2D eigenvalue weighted by Gasteiger charge is -2.17. The van der Waals surface area contributed by atoms with Gasteiger partial charge < -0.3 is 5.32 Å². The van der Waals surface area contributed by atoms with Gasteiger partial charge in [-0.05, 0) is 30.9 Å². The lowest BCUT2D eigenvalue weighted by molar-refractivity contribution is 0.0924. The number of halogens is 3. The molecule has 5 heteroatoms. The Morgan fingerprint density at radius 2 is 2.00 bits per heavy atom. The molecule has 1 fully saturated rings. The molecule has 0 radical (unpaired) electrons. The fourth-order valence-electron chi connectivity index (χ4n) is 2.10. The van der Waals surface area contributed by atoms with Crippen molar-refractivity contribution in [3.8, 4) is 0 Å². The van der Waals surface area contributed by atoms with E-state index in [1.165, 1.54) is 12.8 Å². The first kappa shape index (κ1) is 14.4. The van der Waals surface area contributed by atoms with Crippen molar-refractivity contribution < 1.29 is 13.6 Å². The first-order chi connectivity index (χ1) is 9.01. The Bertz CT molecular complexity index is 465. The Morgan fingerprint density at radius 3 is 2.47 bits per heavy atom. The summed E-state index contributed by atoms with van der Waals surface area (Å²) in [7, 11) is 0. The van der Waals surface area contributed by atoms with E-state index < -0.39 is 23.1 Å². The van der Waals surface area contributed by atoms with E-state index >= 15 is 0 Å². The lowest BCUT2D eigenvalue weighted by Crippen LogP contribution is -2.35. The van der Waals surface area contributed by atoms with Gasteiger partial charge in [0.05, 0.1) is 0 Å². The SMILES string of the molecule is CCC(CC1CC1)NC(=O)c1c(F)cc(Br)cc1F. The van der Waals surface area contributed by atoms with Gasteiger partial charge in [0, 0.05) is 10.5 Å². The van der Waals surface area contributed by atoms with Gasteiger partial charge in [0.15, 0.2) is 0 Å². The molecule has 0 aliphatic heterocycles. The molecule has 1 N–H and O–H groups in total. The second kappa shape index (κ2) is 5.99. The highest BCUT2D eigenvalue weighted by molar-refractivity contribution is 9.10. The molecule has 2 nitrogen and oxygen atoms in total. The average molecular weight is 332 g/mol. The third-order valence-corrected chi connectivity index (χ3v) is 3.83. The fraction of sp³-hybridized carbons (Fsp3) is 0.500. The average Bonchev–Trinajstić information content (AvgIpc) is 3.10. The number of nitrogens with one attached hydrogen (secondary N) is 1. The van der Waals surface area contributed by atoms with E-state index in [1.54, 1.807) is 0 Å². The van der Waals surface area contributed by atoms with Gasteiger partial charge in [-0.25, -0.2) is 8.78 Å². The second-order valence-corrected chi connectivity index (χ2v) is 5.92. The number of hydrogen-bond donors (Lipinski definition) is 1. The van der Waals surface area contributed by atoms with Crippen LogP contribution in [0.4, 0.5) is 8.78 Å². The van der Waals surface area contributed by atoms with E-state index in [2.05, 4.69) is 21.2 Å². The van der Waals surface area contributed by atoms with Crippen LogP contribution in [0.1, 0.15) is 43.0 Å². The molecular formula is C14H16BrF2NO. The van der Waals surface area contributed by atoms with Crippen LogP contribution in [-0.2, 0) is 0 Å². The van der Waals surface area contributed by atoms with Crippen LogP contribution in [0.5, 0.6) is 0 Å². The van der Waals surface area contributed by atoms with E-state index in [9.17, 15) is 13.6 Å². The molecule has 1 unspecified atom stereocenters. The number of amides is 1. The third kappa shape index (κ3) is 3.75. The molecule has 104 valence electrons. The Balaban J connectivity index is 2.10. The zero-order valence-corrected chi connectivity index (χ0v) is 12.3. The quantitative estimate of drug-likeness (QED) is 0.866. The molecule has 0 saturated heterocycles. The van der Waals surface area contributed by atoms with Crippen molar-refractivity contribution in [2.75, 3.05) is 0 Å². The zero-order chi connectivity index (χ0) is 14.0. The van der Waals surface area contributed by atoms with E-state index in [1.807, 2.05) is 6.92 Å². The van der Waals surface area contributed by atoms with Crippen LogP contribution >= 0.6 is 15.9 Å².